The standard InChI is InChI=1S/C12H15BrN2O3/c1-17-9-6-15(7-10(9)18-2)12(16)8-4-3-5-14-11(8)13/h3-5,9-10H,6-7H2,1-2H3. The van der Waals surface area contributed by atoms with Crippen molar-refractivity contribution in [1.29, 1.82) is 0 Å². The van der Waals surface area contributed by atoms with Crippen LogP contribution >= 0.6 is 15.9 Å². The molecule has 2 atom stereocenters. The van der Waals surface area contributed by atoms with Gasteiger partial charge in [-0.2, -0.15) is 0 Å². The van der Waals surface area contributed by atoms with Crippen molar-refractivity contribution in [2.75, 3.05) is 27.3 Å². The van der Waals surface area contributed by atoms with Gasteiger partial charge >= 0.3 is 0 Å². The molecule has 6 heteroatoms. The average molecular weight is 315 g/mol. The zero-order valence-electron chi connectivity index (χ0n) is 10.3. The van der Waals surface area contributed by atoms with E-state index in [2.05, 4.69) is 20.9 Å². The molecule has 1 aromatic rings. The highest BCUT2D eigenvalue weighted by Gasteiger charge is 2.36. The molecule has 0 bridgehead atoms. The molecule has 2 unspecified atom stereocenters. The lowest BCUT2D eigenvalue weighted by Gasteiger charge is -2.16. The van der Waals surface area contributed by atoms with Crippen molar-refractivity contribution in [3.8, 4) is 0 Å². The third kappa shape index (κ3) is 2.55. The van der Waals surface area contributed by atoms with Crippen molar-refractivity contribution in [3.05, 3.63) is 28.5 Å². The van der Waals surface area contributed by atoms with E-state index in [1.807, 2.05) is 0 Å². The minimum Gasteiger partial charge on any atom is -0.377 e. The quantitative estimate of drug-likeness (QED) is 0.790. The summed E-state index contributed by atoms with van der Waals surface area (Å²) in [6, 6.07) is 3.50. The number of methoxy groups -OCH3 is 2. The van der Waals surface area contributed by atoms with Crippen molar-refractivity contribution in [2.24, 2.45) is 0 Å². The van der Waals surface area contributed by atoms with Gasteiger partial charge in [0.2, 0.25) is 0 Å². The van der Waals surface area contributed by atoms with Gasteiger partial charge in [-0.15, -0.1) is 0 Å². The van der Waals surface area contributed by atoms with Gasteiger partial charge in [-0.25, -0.2) is 4.98 Å². The Bertz CT molecular complexity index is 429. The van der Waals surface area contributed by atoms with Crippen LogP contribution in [0.15, 0.2) is 22.9 Å². The smallest absolute Gasteiger partial charge is 0.256 e. The summed E-state index contributed by atoms with van der Waals surface area (Å²) < 4.78 is 11.2. The van der Waals surface area contributed by atoms with E-state index in [1.54, 1.807) is 37.4 Å². The van der Waals surface area contributed by atoms with E-state index in [-0.39, 0.29) is 18.1 Å². The Hall–Kier alpha value is -0.980. The van der Waals surface area contributed by atoms with Crippen LogP contribution in [0.3, 0.4) is 0 Å². The Labute approximate surface area is 114 Å². The Balaban J connectivity index is 2.14. The molecule has 18 heavy (non-hydrogen) atoms. The number of carbonyl (C=O) groups is 1. The monoisotopic (exact) mass is 314 g/mol. The number of likely N-dealkylation sites (tertiary alicyclic amines) is 1. The third-order valence-corrected chi connectivity index (χ3v) is 3.73. The summed E-state index contributed by atoms with van der Waals surface area (Å²) in [7, 11) is 3.26. The van der Waals surface area contributed by atoms with E-state index in [0.29, 0.717) is 23.3 Å². The van der Waals surface area contributed by atoms with Gasteiger partial charge in [0.15, 0.2) is 0 Å². The summed E-state index contributed by atoms with van der Waals surface area (Å²) >= 11 is 3.29. The van der Waals surface area contributed by atoms with E-state index in [1.165, 1.54) is 0 Å². The first-order valence-electron chi connectivity index (χ1n) is 5.62. The number of hydrogen-bond acceptors (Lipinski definition) is 4. The zero-order valence-corrected chi connectivity index (χ0v) is 11.9. The number of carbonyl (C=O) groups excluding carboxylic acids is 1. The Kier molecular flexibility index (Phi) is 4.31. The molecule has 0 radical (unpaired) electrons. The molecule has 1 fully saturated rings. The lowest BCUT2D eigenvalue weighted by molar-refractivity contribution is -0.00461. The van der Waals surface area contributed by atoms with Crippen LogP contribution in [-0.4, -0.2) is 55.3 Å². The van der Waals surface area contributed by atoms with Gasteiger partial charge in [-0.1, -0.05) is 0 Å². The molecule has 1 aromatic heterocycles. The molecule has 1 aliphatic rings. The first kappa shape index (κ1) is 13.5. The number of nitrogens with zero attached hydrogens (tertiary/aromatic N) is 2. The van der Waals surface area contributed by atoms with Crippen LogP contribution < -0.4 is 0 Å². The van der Waals surface area contributed by atoms with E-state index in [0.717, 1.165) is 0 Å². The van der Waals surface area contributed by atoms with E-state index < -0.39 is 0 Å². The van der Waals surface area contributed by atoms with Gasteiger partial charge in [0.1, 0.15) is 16.8 Å². The zero-order chi connectivity index (χ0) is 13.1. The number of hydrogen-bond donors (Lipinski definition) is 0. The normalized spacial score (nSPS) is 23.4. The molecule has 0 saturated carbocycles. The van der Waals surface area contributed by atoms with Gasteiger partial charge in [0, 0.05) is 33.5 Å². The van der Waals surface area contributed by atoms with Crippen LogP contribution in [0, 0.1) is 0 Å². The second-order valence-corrected chi connectivity index (χ2v) is 4.85. The molecule has 0 spiro atoms. The van der Waals surface area contributed by atoms with Gasteiger partial charge in [0.05, 0.1) is 5.56 Å². The molecule has 5 nitrogen and oxygen atoms in total. The third-order valence-electron chi connectivity index (χ3n) is 3.10. The number of amides is 1. The highest BCUT2D eigenvalue weighted by atomic mass is 79.9. The highest BCUT2D eigenvalue weighted by Crippen LogP contribution is 2.21. The molecular formula is C12H15BrN2O3. The number of ether oxygens (including phenoxy) is 2. The molecule has 2 rings (SSSR count). The SMILES string of the molecule is COC1CN(C(=O)c2cccnc2Br)CC1OC. The molecule has 0 aliphatic carbocycles. The second kappa shape index (κ2) is 5.77. The van der Waals surface area contributed by atoms with E-state index >= 15 is 0 Å². The van der Waals surface area contributed by atoms with E-state index in [4.69, 9.17) is 9.47 Å². The van der Waals surface area contributed by atoms with Crippen LogP contribution in [0.2, 0.25) is 0 Å². The van der Waals surface area contributed by atoms with Crippen LogP contribution in [0.5, 0.6) is 0 Å². The molecular weight excluding hydrogens is 300 g/mol. The number of pyridine rings is 1. The predicted octanol–water partition coefficient (Wildman–Crippen LogP) is 1.33. The summed E-state index contributed by atoms with van der Waals surface area (Å²) in [5.74, 6) is -0.0587. The van der Waals surface area contributed by atoms with Crippen LogP contribution in [0.25, 0.3) is 0 Å². The van der Waals surface area contributed by atoms with Gasteiger partial charge in [-0.3, -0.25) is 4.79 Å². The minimum absolute atomic E-state index is 0.0587. The molecule has 1 aliphatic heterocycles. The maximum absolute atomic E-state index is 12.3. The maximum atomic E-state index is 12.3. The maximum Gasteiger partial charge on any atom is 0.256 e. The lowest BCUT2D eigenvalue weighted by atomic mass is 10.2. The molecule has 0 N–H and O–H groups in total. The van der Waals surface area contributed by atoms with Crippen LogP contribution in [0.4, 0.5) is 0 Å². The first-order valence-corrected chi connectivity index (χ1v) is 6.42. The summed E-state index contributed by atoms with van der Waals surface area (Å²) in [4.78, 5) is 18.1. The number of aromatic nitrogens is 1. The van der Waals surface area contributed by atoms with Crippen molar-refractivity contribution in [2.45, 2.75) is 12.2 Å². The number of rotatable bonds is 3. The Morgan fingerprint density at radius 2 is 2.00 bits per heavy atom. The van der Waals surface area contributed by atoms with Crippen molar-refractivity contribution >= 4 is 21.8 Å². The van der Waals surface area contributed by atoms with Crippen molar-refractivity contribution in [1.82, 2.24) is 9.88 Å². The molecule has 1 saturated heterocycles. The molecule has 1 amide bonds. The highest BCUT2D eigenvalue weighted by molar-refractivity contribution is 9.10. The molecule has 0 aromatic carbocycles. The second-order valence-electron chi connectivity index (χ2n) is 4.10. The van der Waals surface area contributed by atoms with Gasteiger partial charge < -0.3 is 14.4 Å². The van der Waals surface area contributed by atoms with E-state index in [9.17, 15) is 4.79 Å². The van der Waals surface area contributed by atoms with Gasteiger partial charge in [-0.05, 0) is 28.1 Å². The number of halogens is 1. The summed E-state index contributed by atoms with van der Waals surface area (Å²) in [5.41, 5.74) is 0.559. The Morgan fingerprint density at radius 3 is 2.50 bits per heavy atom. The predicted molar refractivity (Wildman–Crippen MR) is 69.4 cm³/mol. The molecule has 98 valence electrons. The van der Waals surface area contributed by atoms with Gasteiger partial charge in [0.25, 0.3) is 5.91 Å². The molecule has 2 heterocycles. The lowest BCUT2D eigenvalue weighted by Crippen LogP contribution is -2.30. The fraction of sp³-hybridized carbons (Fsp3) is 0.500. The van der Waals surface area contributed by atoms with Crippen LogP contribution in [0.1, 0.15) is 10.4 Å². The summed E-state index contributed by atoms with van der Waals surface area (Å²) in [5, 5.41) is 0. The fourth-order valence-electron chi connectivity index (χ4n) is 2.08. The van der Waals surface area contributed by atoms with Crippen molar-refractivity contribution < 1.29 is 14.3 Å². The van der Waals surface area contributed by atoms with Crippen LogP contribution in [-0.2, 0) is 9.47 Å². The Morgan fingerprint density at radius 1 is 1.39 bits per heavy atom. The summed E-state index contributed by atoms with van der Waals surface area (Å²) in [6.45, 7) is 1.07. The summed E-state index contributed by atoms with van der Waals surface area (Å²) in [6.07, 6.45) is 1.49. The minimum atomic E-state index is -0.0746. The first-order chi connectivity index (χ1) is 8.67. The topological polar surface area (TPSA) is 51.7 Å². The average Bonchev–Trinajstić information content (AvgIpc) is 2.81. The fourth-order valence-corrected chi connectivity index (χ4v) is 2.50. The van der Waals surface area contributed by atoms with Crippen molar-refractivity contribution in [3.63, 3.8) is 0 Å². The largest absolute Gasteiger partial charge is 0.377 e.